The summed E-state index contributed by atoms with van der Waals surface area (Å²) in [4.78, 5) is 10.6. The minimum Gasteiger partial charge on any atom is -0.497 e. The molecule has 0 amide bonds. The minimum absolute atomic E-state index is 0.154. The molecule has 1 aromatic carbocycles. The summed E-state index contributed by atoms with van der Waals surface area (Å²) in [7, 11) is 0. The zero-order valence-electron chi connectivity index (χ0n) is 9.58. The molecule has 0 unspecified atom stereocenters. The van der Waals surface area contributed by atoms with E-state index in [0.717, 1.165) is 18.4 Å². The molecule has 0 aliphatic heterocycles. The van der Waals surface area contributed by atoms with Crippen molar-refractivity contribution < 1.29 is 14.6 Å². The lowest BCUT2D eigenvalue weighted by Gasteiger charge is -2.29. The van der Waals surface area contributed by atoms with E-state index in [0.29, 0.717) is 12.5 Å². The second-order valence-corrected chi connectivity index (χ2v) is 4.39. The van der Waals surface area contributed by atoms with E-state index < -0.39 is 5.97 Å². The van der Waals surface area contributed by atoms with Gasteiger partial charge in [-0.05, 0) is 30.4 Å². The molecule has 1 aromatic rings. The van der Waals surface area contributed by atoms with E-state index in [2.05, 4.69) is 0 Å². The lowest BCUT2D eigenvalue weighted by atomic mass is 9.75. The smallest absolute Gasteiger partial charge is 0.306 e. The van der Waals surface area contributed by atoms with Gasteiger partial charge in [-0.15, -0.1) is 0 Å². The fourth-order valence-corrected chi connectivity index (χ4v) is 1.91. The predicted octanol–water partition coefficient (Wildman–Crippen LogP) is 2.83. The molecule has 1 fully saturated rings. The first-order valence-corrected chi connectivity index (χ1v) is 5.80. The lowest BCUT2D eigenvalue weighted by Crippen LogP contribution is -2.28. The van der Waals surface area contributed by atoms with Crippen molar-refractivity contribution in [3.05, 3.63) is 48.2 Å². The zero-order chi connectivity index (χ0) is 12.1. The van der Waals surface area contributed by atoms with Gasteiger partial charge < -0.3 is 9.84 Å². The Morgan fingerprint density at radius 3 is 2.71 bits per heavy atom. The Labute approximate surface area is 101 Å². The number of allylic oxidation sites excluding steroid dienone is 1. The van der Waals surface area contributed by atoms with Crippen molar-refractivity contribution in [3.8, 4) is 0 Å². The van der Waals surface area contributed by atoms with Crippen LogP contribution in [0.4, 0.5) is 0 Å². The monoisotopic (exact) mass is 232 g/mol. The Morgan fingerprint density at radius 2 is 2.06 bits per heavy atom. The molecule has 1 aliphatic carbocycles. The predicted molar refractivity (Wildman–Crippen MR) is 64.2 cm³/mol. The second kappa shape index (κ2) is 5.53. The van der Waals surface area contributed by atoms with Crippen LogP contribution in [0.15, 0.2) is 42.7 Å². The molecule has 0 spiro atoms. The topological polar surface area (TPSA) is 46.5 Å². The van der Waals surface area contributed by atoms with Gasteiger partial charge in [0.05, 0.1) is 12.2 Å². The third-order valence-corrected chi connectivity index (χ3v) is 3.06. The van der Waals surface area contributed by atoms with E-state index in [9.17, 15) is 4.79 Å². The van der Waals surface area contributed by atoms with Crippen molar-refractivity contribution in [2.24, 2.45) is 11.8 Å². The first-order chi connectivity index (χ1) is 8.25. The molecular weight excluding hydrogens is 216 g/mol. The van der Waals surface area contributed by atoms with E-state index in [1.165, 1.54) is 0 Å². The number of hydrogen-bond donors (Lipinski definition) is 1. The molecule has 3 heteroatoms. The largest absolute Gasteiger partial charge is 0.497 e. The molecule has 0 atom stereocenters. The Morgan fingerprint density at radius 1 is 1.35 bits per heavy atom. The van der Waals surface area contributed by atoms with Crippen molar-refractivity contribution in [2.75, 3.05) is 0 Å². The average Bonchev–Trinajstić information content (AvgIpc) is 2.27. The van der Waals surface area contributed by atoms with Crippen LogP contribution >= 0.6 is 0 Å². The maximum Gasteiger partial charge on any atom is 0.306 e. The number of aliphatic carboxylic acids is 1. The van der Waals surface area contributed by atoms with Crippen molar-refractivity contribution >= 4 is 5.97 Å². The van der Waals surface area contributed by atoms with Crippen LogP contribution < -0.4 is 0 Å². The van der Waals surface area contributed by atoms with Crippen molar-refractivity contribution in [3.63, 3.8) is 0 Å². The quantitative estimate of drug-likeness (QED) is 0.794. The highest BCUT2D eigenvalue weighted by atomic mass is 16.5. The molecule has 0 heterocycles. The highest BCUT2D eigenvalue weighted by Gasteiger charge is 2.32. The molecular formula is C14H16O3. The lowest BCUT2D eigenvalue weighted by molar-refractivity contribution is -0.145. The summed E-state index contributed by atoms with van der Waals surface area (Å²) in [5, 5.41) is 8.72. The Balaban J connectivity index is 1.65. The van der Waals surface area contributed by atoms with Crippen LogP contribution in [0.5, 0.6) is 0 Å². The van der Waals surface area contributed by atoms with E-state index in [1.807, 2.05) is 36.4 Å². The van der Waals surface area contributed by atoms with E-state index >= 15 is 0 Å². The third kappa shape index (κ3) is 3.34. The van der Waals surface area contributed by atoms with Gasteiger partial charge in [-0.3, -0.25) is 4.79 Å². The number of rotatable bonds is 5. The third-order valence-electron chi connectivity index (χ3n) is 3.06. The molecule has 1 aliphatic rings. The molecule has 0 bridgehead atoms. The Hall–Kier alpha value is -1.77. The normalized spacial score (nSPS) is 23.3. The summed E-state index contributed by atoms with van der Waals surface area (Å²) in [6.07, 6.45) is 5.12. The summed E-state index contributed by atoms with van der Waals surface area (Å²) in [6.45, 7) is 0.562. The van der Waals surface area contributed by atoms with Gasteiger partial charge in [0.25, 0.3) is 0 Å². The first-order valence-electron chi connectivity index (χ1n) is 5.80. The number of carbonyl (C=O) groups is 1. The van der Waals surface area contributed by atoms with Crippen LogP contribution in [-0.4, -0.2) is 11.1 Å². The van der Waals surface area contributed by atoms with Crippen LogP contribution in [-0.2, 0) is 16.1 Å². The van der Waals surface area contributed by atoms with E-state index in [-0.39, 0.29) is 5.92 Å². The summed E-state index contributed by atoms with van der Waals surface area (Å²) in [5.74, 6) is -0.467. The van der Waals surface area contributed by atoms with Gasteiger partial charge >= 0.3 is 5.97 Å². The highest BCUT2D eigenvalue weighted by molar-refractivity contribution is 5.71. The number of carboxylic acid groups (broad SMARTS) is 1. The van der Waals surface area contributed by atoms with Crippen LogP contribution in [0.25, 0.3) is 0 Å². The van der Waals surface area contributed by atoms with Gasteiger partial charge in [0.1, 0.15) is 6.61 Å². The standard InChI is InChI=1S/C14H16O3/c15-14(16)13-8-12(9-13)6-7-17-10-11-4-2-1-3-5-11/h1-7,12-13H,8-10H2,(H,15,16)/b7-6+. The fraction of sp³-hybridized carbons (Fsp3) is 0.357. The maximum absolute atomic E-state index is 10.6. The Kier molecular flexibility index (Phi) is 3.81. The number of carboxylic acids is 1. The average molecular weight is 232 g/mol. The van der Waals surface area contributed by atoms with E-state index in [1.54, 1.807) is 6.26 Å². The molecule has 1 N–H and O–H groups in total. The van der Waals surface area contributed by atoms with Gasteiger partial charge in [0.15, 0.2) is 0 Å². The summed E-state index contributed by atoms with van der Waals surface area (Å²) < 4.78 is 5.39. The zero-order valence-corrected chi connectivity index (χ0v) is 9.58. The second-order valence-electron chi connectivity index (χ2n) is 4.39. The van der Waals surface area contributed by atoms with Gasteiger partial charge in [0, 0.05) is 0 Å². The fourth-order valence-electron chi connectivity index (χ4n) is 1.91. The van der Waals surface area contributed by atoms with Gasteiger partial charge in [-0.1, -0.05) is 30.3 Å². The SMILES string of the molecule is O=C(O)C1CC(/C=C/OCc2ccccc2)C1. The van der Waals surface area contributed by atoms with Gasteiger partial charge in [-0.25, -0.2) is 0 Å². The molecule has 2 rings (SSSR count). The highest BCUT2D eigenvalue weighted by Crippen LogP contribution is 2.34. The van der Waals surface area contributed by atoms with Gasteiger partial charge in [0.2, 0.25) is 0 Å². The minimum atomic E-state index is -0.681. The summed E-state index contributed by atoms with van der Waals surface area (Å²) in [6, 6.07) is 9.95. The van der Waals surface area contributed by atoms with Crippen molar-refractivity contribution in [1.82, 2.24) is 0 Å². The number of benzene rings is 1. The first kappa shape index (κ1) is 11.7. The molecule has 0 aromatic heterocycles. The molecule has 17 heavy (non-hydrogen) atoms. The number of hydrogen-bond acceptors (Lipinski definition) is 2. The van der Waals surface area contributed by atoms with Crippen LogP contribution in [0, 0.1) is 11.8 Å². The van der Waals surface area contributed by atoms with E-state index in [4.69, 9.17) is 9.84 Å². The Bertz CT molecular complexity index is 391. The molecule has 0 radical (unpaired) electrons. The van der Waals surface area contributed by atoms with Gasteiger partial charge in [-0.2, -0.15) is 0 Å². The molecule has 0 saturated heterocycles. The van der Waals surface area contributed by atoms with Crippen LogP contribution in [0.3, 0.4) is 0 Å². The molecule has 1 saturated carbocycles. The summed E-state index contributed by atoms with van der Waals surface area (Å²) >= 11 is 0. The van der Waals surface area contributed by atoms with Crippen LogP contribution in [0.1, 0.15) is 18.4 Å². The molecule has 90 valence electrons. The van der Waals surface area contributed by atoms with Crippen LogP contribution in [0.2, 0.25) is 0 Å². The summed E-state index contributed by atoms with van der Waals surface area (Å²) in [5.41, 5.74) is 1.13. The maximum atomic E-state index is 10.6. The number of ether oxygens (including phenoxy) is 1. The van der Waals surface area contributed by atoms with Crippen molar-refractivity contribution in [2.45, 2.75) is 19.4 Å². The van der Waals surface area contributed by atoms with Crippen molar-refractivity contribution in [1.29, 1.82) is 0 Å². The molecule has 3 nitrogen and oxygen atoms in total.